The van der Waals surface area contributed by atoms with Gasteiger partial charge in [0.1, 0.15) is 0 Å². The van der Waals surface area contributed by atoms with E-state index in [1.54, 1.807) is 0 Å². The van der Waals surface area contributed by atoms with E-state index in [9.17, 15) is 4.79 Å². The normalized spacial score (nSPS) is 10.9. The Kier molecular flexibility index (Phi) is 6.63. The van der Waals surface area contributed by atoms with Gasteiger partial charge in [-0.25, -0.2) is 0 Å². The second-order valence-corrected chi connectivity index (χ2v) is 7.96. The molecule has 0 saturated heterocycles. The van der Waals surface area contributed by atoms with Crippen LogP contribution in [-0.4, -0.2) is 36.6 Å². The monoisotopic (exact) mass is 454 g/mol. The SMILES string of the molecule is CCCn1c(SCC(=O)Nc2nnc(-c3ccccc3)o2)nnc1-c1ccc(Cl)cc1. The van der Waals surface area contributed by atoms with E-state index >= 15 is 0 Å². The van der Waals surface area contributed by atoms with Gasteiger partial charge in [0, 0.05) is 22.7 Å². The summed E-state index contributed by atoms with van der Waals surface area (Å²) >= 11 is 7.28. The van der Waals surface area contributed by atoms with Gasteiger partial charge in [0.2, 0.25) is 11.8 Å². The molecule has 2 heterocycles. The Labute approximate surface area is 188 Å². The molecule has 0 spiro atoms. The number of carbonyl (C=O) groups is 1. The number of rotatable bonds is 8. The summed E-state index contributed by atoms with van der Waals surface area (Å²) in [4.78, 5) is 12.4. The van der Waals surface area contributed by atoms with Crippen molar-refractivity contribution in [1.82, 2.24) is 25.0 Å². The number of carbonyl (C=O) groups excluding carboxylic acids is 1. The first-order chi connectivity index (χ1) is 15.1. The van der Waals surface area contributed by atoms with E-state index in [0.29, 0.717) is 16.1 Å². The summed E-state index contributed by atoms with van der Waals surface area (Å²) in [5, 5.41) is 20.4. The molecule has 0 bridgehead atoms. The zero-order valence-corrected chi connectivity index (χ0v) is 18.2. The van der Waals surface area contributed by atoms with Crippen molar-refractivity contribution in [3.8, 4) is 22.8 Å². The topological polar surface area (TPSA) is 98.7 Å². The van der Waals surface area contributed by atoms with Crippen LogP contribution in [0.15, 0.2) is 64.2 Å². The highest BCUT2D eigenvalue weighted by atomic mass is 35.5. The molecule has 4 aromatic rings. The molecule has 0 radical (unpaired) electrons. The molecule has 4 rings (SSSR count). The van der Waals surface area contributed by atoms with Crippen molar-refractivity contribution in [2.45, 2.75) is 25.0 Å². The number of benzene rings is 2. The van der Waals surface area contributed by atoms with E-state index in [4.69, 9.17) is 16.0 Å². The summed E-state index contributed by atoms with van der Waals surface area (Å²) in [6.45, 7) is 2.81. The van der Waals surface area contributed by atoms with Crippen LogP contribution in [0.2, 0.25) is 5.02 Å². The number of amides is 1. The van der Waals surface area contributed by atoms with E-state index in [-0.39, 0.29) is 17.7 Å². The molecule has 0 fully saturated rings. The molecular formula is C21H19ClN6O2S. The Morgan fingerprint density at radius 1 is 1.03 bits per heavy atom. The van der Waals surface area contributed by atoms with Crippen LogP contribution >= 0.6 is 23.4 Å². The number of nitrogens with zero attached hydrogens (tertiary/aromatic N) is 5. The molecule has 0 aliphatic heterocycles. The van der Waals surface area contributed by atoms with Gasteiger partial charge in [-0.2, -0.15) is 0 Å². The standard InChI is InChI=1S/C21H19ClN6O2S/c1-2-12-28-18(14-8-10-16(22)11-9-14)24-27-21(28)31-13-17(29)23-20-26-25-19(30-20)15-6-4-3-5-7-15/h3-11H,2,12-13H2,1H3,(H,23,26,29). The van der Waals surface area contributed by atoms with Gasteiger partial charge in [0.15, 0.2) is 11.0 Å². The molecule has 158 valence electrons. The summed E-state index contributed by atoms with van der Waals surface area (Å²) in [7, 11) is 0. The van der Waals surface area contributed by atoms with Crippen molar-refractivity contribution < 1.29 is 9.21 Å². The van der Waals surface area contributed by atoms with Crippen LogP contribution in [0.4, 0.5) is 6.01 Å². The third-order valence-electron chi connectivity index (χ3n) is 4.29. The van der Waals surface area contributed by atoms with Crippen LogP contribution in [0.25, 0.3) is 22.8 Å². The van der Waals surface area contributed by atoms with Gasteiger partial charge in [-0.3, -0.25) is 10.1 Å². The van der Waals surface area contributed by atoms with E-state index in [0.717, 1.165) is 29.9 Å². The van der Waals surface area contributed by atoms with Crippen LogP contribution in [0.5, 0.6) is 0 Å². The average Bonchev–Trinajstić information content (AvgIpc) is 3.41. The summed E-state index contributed by atoms with van der Waals surface area (Å²) in [5.74, 6) is 0.947. The third-order valence-corrected chi connectivity index (χ3v) is 5.51. The van der Waals surface area contributed by atoms with Crippen LogP contribution in [-0.2, 0) is 11.3 Å². The third kappa shape index (κ3) is 5.12. The minimum absolute atomic E-state index is 0.0568. The zero-order valence-electron chi connectivity index (χ0n) is 16.7. The lowest BCUT2D eigenvalue weighted by Crippen LogP contribution is -2.15. The van der Waals surface area contributed by atoms with E-state index < -0.39 is 0 Å². The Hall–Kier alpha value is -3.17. The van der Waals surface area contributed by atoms with E-state index in [1.165, 1.54) is 11.8 Å². The number of anilines is 1. The molecule has 0 aliphatic carbocycles. The lowest BCUT2D eigenvalue weighted by atomic mass is 10.2. The van der Waals surface area contributed by atoms with E-state index in [1.807, 2.05) is 59.2 Å². The van der Waals surface area contributed by atoms with Gasteiger partial charge in [-0.15, -0.1) is 15.3 Å². The lowest BCUT2D eigenvalue weighted by molar-refractivity contribution is -0.113. The van der Waals surface area contributed by atoms with Crippen LogP contribution in [0.3, 0.4) is 0 Å². The second kappa shape index (κ2) is 9.76. The van der Waals surface area contributed by atoms with Crippen molar-refractivity contribution in [1.29, 1.82) is 0 Å². The maximum absolute atomic E-state index is 12.4. The molecule has 0 unspecified atom stereocenters. The van der Waals surface area contributed by atoms with Gasteiger partial charge in [0.05, 0.1) is 5.75 Å². The Bertz CT molecular complexity index is 1160. The molecule has 10 heteroatoms. The van der Waals surface area contributed by atoms with Gasteiger partial charge in [-0.05, 0) is 42.8 Å². The van der Waals surface area contributed by atoms with Crippen molar-refractivity contribution in [2.75, 3.05) is 11.1 Å². The molecule has 1 amide bonds. The summed E-state index contributed by atoms with van der Waals surface area (Å²) < 4.78 is 7.52. The predicted molar refractivity (Wildman–Crippen MR) is 120 cm³/mol. The molecule has 0 atom stereocenters. The van der Waals surface area contributed by atoms with Gasteiger partial charge in [-0.1, -0.05) is 53.6 Å². The maximum Gasteiger partial charge on any atom is 0.322 e. The minimum atomic E-state index is -0.271. The van der Waals surface area contributed by atoms with Crippen molar-refractivity contribution in [2.24, 2.45) is 0 Å². The fourth-order valence-corrected chi connectivity index (χ4v) is 3.78. The molecule has 0 saturated carbocycles. The molecular weight excluding hydrogens is 436 g/mol. The number of halogens is 1. The highest BCUT2D eigenvalue weighted by molar-refractivity contribution is 7.99. The number of hydrogen-bond acceptors (Lipinski definition) is 7. The maximum atomic E-state index is 12.4. The van der Waals surface area contributed by atoms with Gasteiger partial charge < -0.3 is 8.98 Å². The lowest BCUT2D eigenvalue weighted by Gasteiger charge is -2.08. The fraction of sp³-hybridized carbons (Fsp3) is 0.190. The zero-order chi connectivity index (χ0) is 21.6. The minimum Gasteiger partial charge on any atom is -0.403 e. The van der Waals surface area contributed by atoms with Gasteiger partial charge >= 0.3 is 6.01 Å². The highest BCUT2D eigenvalue weighted by Crippen LogP contribution is 2.26. The summed E-state index contributed by atoms with van der Waals surface area (Å²) in [6.07, 6.45) is 0.905. The molecule has 0 aliphatic rings. The molecule has 31 heavy (non-hydrogen) atoms. The first kappa shape index (κ1) is 21.1. The average molecular weight is 455 g/mol. The number of thioether (sulfide) groups is 1. The van der Waals surface area contributed by atoms with Crippen LogP contribution in [0.1, 0.15) is 13.3 Å². The van der Waals surface area contributed by atoms with E-state index in [2.05, 4.69) is 32.6 Å². The van der Waals surface area contributed by atoms with Crippen LogP contribution in [0, 0.1) is 0 Å². The number of aromatic nitrogens is 5. The Morgan fingerprint density at radius 3 is 2.55 bits per heavy atom. The smallest absolute Gasteiger partial charge is 0.322 e. The van der Waals surface area contributed by atoms with Gasteiger partial charge in [0.25, 0.3) is 0 Å². The van der Waals surface area contributed by atoms with Crippen molar-refractivity contribution in [3.63, 3.8) is 0 Å². The van der Waals surface area contributed by atoms with Crippen LogP contribution < -0.4 is 5.32 Å². The number of nitrogens with one attached hydrogen (secondary N) is 1. The van der Waals surface area contributed by atoms with Crippen molar-refractivity contribution >= 4 is 35.3 Å². The largest absolute Gasteiger partial charge is 0.403 e. The quantitative estimate of drug-likeness (QED) is 0.382. The first-order valence-corrected chi connectivity index (χ1v) is 11.0. The highest BCUT2D eigenvalue weighted by Gasteiger charge is 2.16. The fourth-order valence-electron chi connectivity index (χ4n) is 2.89. The predicted octanol–water partition coefficient (Wildman–Crippen LogP) is 4.79. The molecule has 2 aromatic carbocycles. The summed E-state index contributed by atoms with van der Waals surface area (Å²) in [5.41, 5.74) is 1.70. The Balaban J connectivity index is 1.41. The first-order valence-electron chi connectivity index (χ1n) is 9.64. The second-order valence-electron chi connectivity index (χ2n) is 6.58. The molecule has 2 aromatic heterocycles. The number of hydrogen-bond donors (Lipinski definition) is 1. The Morgan fingerprint density at radius 2 is 1.81 bits per heavy atom. The molecule has 1 N–H and O–H groups in total. The molecule has 8 nitrogen and oxygen atoms in total. The van der Waals surface area contributed by atoms with Crippen molar-refractivity contribution in [3.05, 3.63) is 59.6 Å². The summed E-state index contributed by atoms with van der Waals surface area (Å²) in [6, 6.07) is 16.8.